The van der Waals surface area contributed by atoms with Crippen LogP contribution in [0.2, 0.25) is 0 Å². The van der Waals surface area contributed by atoms with Crippen LogP contribution in [0.1, 0.15) is 47.4 Å². The number of piperidine rings is 1. The molecule has 1 fully saturated rings. The first-order valence-corrected chi connectivity index (χ1v) is 12.7. The zero-order valence-corrected chi connectivity index (χ0v) is 19.3. The van der Waals surface area contributed by atoms with Crippen LogP contribution in [-0.4, -0.2) is 43.1 Å². The van der Waals surface area contributed by atoms with Crippen LogP contribution in [-0.2, 0) is 9.84 Å². The molecule has 0 spiro atoms. The van der Waals surface area contributed by atoms with Gasteiger partial charge >= 0.3 is 0 Å². The molecule has 1 aliphatic heterocycles. The smallest absolute Gasteiger partial charge is 0.255 e. The number of nitrogens with zero attached hydrogens (tertiary/aromatic N) is 2. The minimum atomic E-state index is -3.48. The Kier molecular flexibility index (Phi) is 6.42. The summed E-state index contributed by atoms with van der Waals surface area (Å²) < 4.78 is 25.0. The number of carbonyl (C=O) groups is 1. The van der Waals surface area contributed by atoms with Crippen LogP contribution in [0.15, 0.2) is 71.6 Å². The third-order valence-electron chi connectivity index (χ3n) is 6.04. The highest BCUT2D eigenvalue weighted by Crippen LogP contribution is 2.31. The van der Waals surface area contributed by atoms with E-state index in [9.17, 15) is 13.2 Å². The summed E-state index contributed by atoms with van der Waals surface area (Å²) in [5.41, 5.74) is 4.45. The van der Waals surface area contributed by atoms with Gasteiger partial charge in [0.05, 0.1) is 16.2 Å². The average Bonchev–Trinajstić information content (AvgIpc) is 2.84. The number of pyridine rings is 1. The summed E-state index contributed by atoms with van der Waals surface area (Å²) in [7, 11) is -3.48. The van der Waals surface area contributed by atoms with Gasteiger partial charge in [0.2, 0.25) is 0 Å². The highest BCUT2D eigenvalue weighted by Gasteiger charge is 2.29. The number of benzene rings is 2. The van der Waals surface area contributed by atoms with Gasteiger partial charge in [-0.1, -0.05) is 49.4 Å². The summed E-state index contributed by atoms with van der Waals surface area (Å²) in [6.45, 7) is 4.74. The van der Waals surface area contributed by atoms with E-state index in [-0.39, 0.29) is 28.0 Å². The molecule has 32 heavy (non-hydrogen) atoms. The van der Waals surface area contributed by atoms with Crippen molar-refractivity contribution in [2.24, 2.45) is 0 Å². The maximum absolute atomic E-state index is 13.4. The van der Waals surface area contributed by atoms with E-state index in [0.29, 0.717) is 13.1 Å². The highest BCUT2D eigenvalue weighted by atomic mass is 32.2. The normalized spacial score (nSPS) is 16.7. The van der Waals surface area contributed by atoms with Crippen LogP contribution in [0, 0.1) is 6.92 Å². The molecule has 3 aromatic rings. The number of amides is 1. The summed E-state index contributed by atoms with van der Waals surface area (Å²) >= 11 is 0. The van der Waals surface area contributed by atoms with Crippen molar-refractivity contribution in [3.8, 4) is 11.1 Å². The Morgan fingerprint density at radius 2 is 1.75 bits per heavy atom. The Balaban J connectivity index is 1.62. The molecule has 1 saturated heterocycles. The van der Waals surface area contributed by atoms with Gasteiger partial charge in [-0.2, -0.15) is 0 Å². The minimum Gasteiger partial charge on any atom is -0.338 e. The van der Waals surface area contributed by atoms with Gasteiger partial charge in [-0.15, -0.1) is 0 Å². The van der Waals surface area contributed by atoms with Gasteiger partial charge in [0.25, 0.3) is 5.91 Å². The van der Waals surface area contributed by atoms with Gasteiger partial charge in [0.1, 0.15) is 0 Å². The fraction of sp³-hybridized carbons (Fsp3) is 0.308. The molecule has 0 aliphatic carbocycles. The summed E-state index contributed by atoms with van der Waals surface area (Å²) in [5.74, 6) is -0.140. The van der Waals surface area contributed by atoms with E-state index in [2.05, 4.69) is 24.3 Å². The predicted molar refractivity (Wildman–Crippen MR) is 126 cm³/mol. The van der Waals surface area contributed by atoms with Gasteiger partial charge in [0, 0.05) is 30.4 Å². The van der Waals surface area contributed by atoms with E-state index >= 15 is 0 Å². The third kappa shape index (κ3) is 4.60. The van der Waals surface area contributed by atoms with E-state index in [1.807, 2.05) is 25.1 Å². The lowest BCUT2D eigenvalue weighted by Gasteiger charge is -2.33. The van der Waals surface area contributed by atoms with E-state index < -0.39 is 9.84 Å². The Hall–Kier alpha value is -2.99. The number of hydrogen-bond donors (Lipinski definition) is 0. The van der Waals surface area contributed by atoms with Gasteiger partial charge in [0.15, 0.2) is 9.84 Å². The molecule has 0 N–H and O–H groups in total. The first-order chi connectivity index (χ1) is 15.4. The van der Waals surface area contributed by atoms with Crippen molar-refractivity contribution in [1.82, 2.24) is 9.88 Å². The molecule has 4 rings (SSSR count). The number of hydrogen-bond acceptors (Lipinski definition) is 4. The zero-order valence-electron chi connectivity index (χ0n) is 18.5. The first-order valence-electron chi connectivity index (χ1n) is 11.0. The molecule has 1 aromatic heterocycles. The number of sulfone groups is 1. The SMILES string of the molecule is CCS(=O)(=O)c1ccccc1C(=O)N1CCCC(c2cc(-c3ccccc3)cc(C)n2)C1. The van der Waals surface area contributed by atoms with E-state index in [1.165, 1.54) is 6.07 Å². The third-order valence-corrected chi connectivity index (χ3v) is 7.83. The van der Waals surface area contributed by atoms with Crippen LogP contribution >= 0.6 is 0 Å². The highest BCUT2D eigenvalue weighted by molar-refractivity contribution is 7.91. The molecular weight excluding hydrogens is 420 g/mol. The van der Waals surface area contributed by atoms with Gasteiger partial charge < -0.3 is 4.90 Å². The largest absolute Gasteiger partial charge is 0.338 e. The summed E-state index contributed by atoms with van der Waals surface area (Å²) in [6.07, 6.45) is 1.80. The molecule has 5 nitrogen and oxygen atoms in total. The molecule has 0 saturated carbocycles. The number of likely N-dealkylation sites (tertiary alicyclic amines) is 1. The Bertz CT molecular complexity index is 1220. The Morgan fingerprint density at radius 3 is 2.50 bits per heavy atom. The number of rotatable bonds is 5. The fourth-order valence-electron chi connectivity index (χ4n) is 4.34. The molecule has 1 unspecified atom stereocenters. The lowest BCUT2D eigenvalue weighted by molar-refractivity contribution is 0.0702. The van der Waals surface area contributed by atoms with Crippen molar-refractivity contribution in [1.29, 1.82) is 0 Å². The first kappa shape index (κ1) is 22.2. The van der Waals surface area contributed by atoms with Crippen LogP contribution in [0.3, 0.4) is 0 Å². The average molecular weight is 449 g/mol. The molecule has 0 radical (unpaired) electrons. The minimum absolute atomic E-state index is 0.0323. The van der Waals surface area contributed by atoms with Crippen molar-refractivity contribution in [2.45, 2.75) is 37.5 Å². The van der Waals surface area contributed by atoms with Crippen LogP contribution in [0.5, 0.6) is 0 Å². The van der Waals surface area contributed by atoms with Crippen molar-refractivity contribution in [3.63, 3.8) is 0 Å². The zero-order chi connectivity index (χ0) is 22.7. The molecule has 166 valence electrons. The number of aromatic nitrogens is 1. The second-order valence-electron chi connectivity index (χ2n) is 8.28. The molecule has 2 heterocycles. The van der Waals surface area contributed by atoms with Crippen LogP contribution < -0.4 is 0 Å². The van der Waals surface area contributed by atoms with Gasteiger partial charge in [-0.3, -0.25) is 9.78 Å². The lowest BCUT2D eigenvalue weighted by Crippen LogP contribution is -2.40. The van der Waals surface area contributed by atoms with E-state index in [1.54, 1.807) is 30.0 Å². The maximum Gasteiger partial charge on any atom is 0.255 e. The molecule has 6 heteroatoms. The van der Waals surface area contributed by atoms with Gasteiger partial charge in [-0.25, -0.2) is 8.42 Å². The molecule has 0 bridgehead atoms. The second-order valence-corrected chi connectivity index (χ2v) is 10.5. The summed E-state index contributed by atoms with van der Waals surface area (Å²) in [5, 5.41) is 0. The number of carbonyl (C=O) groups excluding carboxylic acids is 1. The van der Waals surface area contributed by atoms with Crippen molar-refractivity contribution < 1.29 is 13.2 Å². The maximum atomic E-state index is 13.4. The fourth-order valence-corrected chi connectivity index (χ4v) is 5.43. The lowest BCUT2D eigenvalue weighted by atomic mass is 9.92. The number of aryl methyl sites for hydroxylation is 1. The Labute approximate surface area is 190 Å². The van der Waals surface area contributed by atoms with E-state index in [4.69, 9.17) is 4.98 Å². The molecular formula is C26H28N2O3S. The molecule has 1 aliphatic rings. The molecule has 2 aromatic carbocycles. The second kappa shape index (κ2) is 9.25. The van der Waals surface area contributed by atoms with Crippen LogP contribution in [0.25, 0.3) is 11.1 Å². The quantitative estimate of drug-likeness (QED) is 0.558. The van der Waals surface area contributed by atoms with Crippen molar-refractivity contribution in [3.05, 3.63) is 83.7 Å². The van der Waals surface area contributed by atoms with Crippen molar-refractivity contribution >= 4 is 15.7 Å². The predicted octanol–water partition coefficient (Wildman–Crippen LogP) is 4.87. The van der Waals surface area contributed by atoms with Gasteiger partial charge in [-0.05, 0) is 55.2 Å². The standard InChI is InChI=1S/C26H28N2O3S/c1-3-32(30,31)25-14-8-7-13-23(25)26(29)28-15-9-12-21(18-28)24-17-22(16-19(2)27-24)20-10-5-4-6-11-20/h4-8,10-11,13-14,16-17,21H,3,9,12,15,18H2,1-2H3. The van der Waals surface area contributed by atoms with E-state index in [0.717, 1.165) is 35.4 Å². The summed E-state index contributed by atoms with van der Waals surface area (Å²) in [6, 6.07) is 20.9. The monoisotopic (exact) mass is 448 g/mol. The summed E-state index contributed by atoms with van der Waals surface area (Å²) in [4.78, 5) is 20.0. The molecule has 1 atom stereocenters. The Morgan fingerprint density at radius 1 is 1.03 bits per heavy atom. The molecule has 1 amide bonds. The van der Waals surface area contributed by atoms with Crippen molar-refractivity contribution in [2.75, 3.05) is 18.8 Å². The topological polar surface area (TPSA) is 67.3 Å². The van der Waals surface area contributed by atoms with Crippen LogP contribution in [0.4, 0.5) is 0 Å².